The van der Waals surface area contributed by atoms with E-state index in [1.54, 1.807) is 7.11 Å². The number of carbonyl (C=O) groups is 1. The Balaban J connectivity index is 2.07. The second kappa shape index (κ2) is 13.4. The largest absolute Gasteiger partial charge is 0.495 e. The molecule has 0 radical (unpaired) electrons. The number of benzene rings is 2. The predicted molar refractivity (Wildman–Crippen MR) is 144 cm³/mol. The van der Waals surface area contributed by atoms with Crippen molar-refractivity contribution in [3.05, 3.63) is 59.2 Å². The number of nitrogens with one attached hydrogen (secondary N) is 1. The molecule has 2 aromatic rings. The molecule has 0 saturated heterocycles. The van der Waals surface area contributed by atoms with Gasteiger partial charge in [-0.25, -0.2) is 4.79 Å². The maximum atomic E-state index is 13.3. The molecule has 0 spiro atoms. The molecule has 0 saturated carbocycles. The molecule has 0 aliphatic rings. The van der Waals surface area contributed by atoms with E-state index in [9.17, 15) is 4.79 Å². The smallest absolute Gasteiger partial charge is 0.322 e. The summed E-state index contributed by atoms with van der Waals surface area (Å²) in [7, 11) is 0.629. The van der Waals surface area contributed by atoms with Crippen molar-refractivity contribution in [2.24, 2.45) is 0 Å². The fourth-order valence-electron chi connectivity index (χ4n) is 3.91. The van der Waals surface area contributed by atoms with Gasteiger partial charge in [-0.15, -0.1) is 0 Å². The first kappa shape index (κ1) is 27.0. The number of nitrogens with zero attached hydrogens (tertiary/aromatic N) is 1. The number of aryl methyl sites for hydroxylation is 2. The van der Waals surface area contributed by atoms with Crippen LogP contribution in [0, 0.1) is 6.92 Å². The van der Waals surface area contributed by atoms with Crippen molar-refractivity contribution < 1.29 is 9.53 Å². The Morgan fingerprint density at radius 1 is 0.970 bits per heavy atom. The minimum Gasteiger partial charge on any atom is -0.495 e. The van der Waals surface area contributed by atoms with Crippen molar-refractivity contribution >= 4 is 19.8 Å². The monoisotopic (exact) mass is 468 g/mol. The summed E-state index contributed by atoms with van der Waals surface area (Å²) in [6.45, 7) is 12.9. The van der Waals surface area contributed by atoms with Crippen molar-refractivity contribution in [1.82, 2.24) is 4.90 Å². The SMILES string of the molecule is CCCCc1ccc(CN(CCCCC[Si](C)(C)C)C(=O)Nc2cc(C)ccc2OC)cc1. The van der Waals surface area contributed by atoms with Crippen molar-refractivity contribution in [3.63, 3.8) is 0 Å². The minimum absolute atomic E-state index is 0.0702. The number of methoxy groups -OCH3 is 1. The number of hydrogen-bond acceptors (Lipinski definition) is 2. The molecule has 2 aromatic carbocycles. The van der Waals surface area contributed by atoms with Crippen LogP contribution >= 0.6 is 0 Å². The lowest BCUT2D eigenvalue weighted by Gasteiger charge is -2.24. The summed E-state index contributed by atoms with van der Waals surface area (Å²) < 4.78 is 5.46. The van der Waals surface area contributed by atoms with Crippen molar-refractivity contribution in [3.8, 4) is 5.75 Å². The third-order valence-corrected chi connectivity index (χ3v) is 7.81. The highest BCUT2D eigenvalue weighted by molar-refractivity contribution is 6.76. The van der Waals surface area contributed by atoms with E-state index < -0.39 is 8.07 Å². The van der Waals surface area contributed by atoms with Gasteiger partial charge >= 0.3 is 6.03 Å². The summed E-state index contributed by atoms with van der Waals surface area (Å²) in [5, 5.41) is 3.10. The van der Waals surface area contributed by atoms with E-state index in [0.29, 0.717) is 12.3 Å². The van der Waals surface area contributed by atoms with Crippen LogP contribution in [0.3, 0.4) is 0 Å². The Bertz CT molecular complexity index is 859. The number of rotatable bonds is 13. The first-order valence-corrected chi connectivity index (χ1v) is 16.2. The lowest BCUT2D eigenvalue weighted by atomic mass is 10.1. The van der Waals surface area contributed by atoms with Gasteiger partial charge in [-0.05, 0) is 55.0 Å². The van der Waals surface area contributed by atoms with Crippen LogP contribution in [-0.4, -0.2) is 32.7 Å². The van der Waals surface area contributed by atoms with Crippen LogP contribution < -0.4 is 10.1 Å². The van der Waals surface area contributed by atoms with Gasteiger partial charge in [0.15, 0.2) is 0 Å². The predicted octanol–water partition coefficient (Wildman–Crippen LogP) is 7.89. The van der Waals surface area contributed by atoms with Gasteiger partial charge < -0.3 is 15.0 Å². The fourth-order valence-corrected chi connectivity index (χ4v) is 5.22. The van der Waals surface area contributed by atoms with E-state index in [0.717, 1.165) is 37.1 Å². The van der Waals surface area contributed by atoms with Crippen molar-refractivity contribution in [2.45, 2.75) is 84.6 Å². The molecular weight excluding hydrogens is 424 g/mol. The van der Waals surface area contributed by atoms with Gasteiger partial charge in [-0.3, -0.25) is 0 Å². The zero-order chi connectivity index (χ0) is 24.3. The van der Waals surface area contributed by atoms with Gasteiger partial charge in [0, 0.05) is 21.2 Å². The molecule has 4 nitrogen and oxygen atoms in total. The van der Waals surface area contributed by atoms with Crippen LogP contribution in [0.4, 0.5) is 10.5 Å². The zero-order valence-corrected chi connectivity index (χ0v) is 22.7. The molecule has 0 heterocycles. The molecule has 0 aliphatic carbocycles. The number of urea groups is 1. The van der Waals surface area contributed by atoms with Crippen LogP contribution in [0.2, 0.25) is 25.7 Å². The molecule has 0 aromatic heterocycles. The normalized spacial score (nSPS) is 11.3. The van der Waals surface area contributed by atoms with E-state index in [-0.39, 0.29) is 6.03 Å². The van der Waals surface area contributed by atoms with Crippen LogP contribution in [0.1, 0.15) is 55.7 Å². The number of amides is 2. The summed E-state index contributed by atoms with van der Waals surface area (Å²) >= 11 is 0. The molecule has 2 amide bonds. The molecule has 0 unspecified atom stereocenters. The minimum atomic E-state index is -1.01. The zero-order valence-electron chi connectivity index (χ0n) is 21.7. The number of carbonyl (C=O) groups excluding carboxylic acids is 1. The second-order valence-electron chi connectivity index (χ2n) is 10.3. The van der Waals surface area contributed by atoms with Crippen molar-refractivity contribution in [1.29, 1.82) is 0 Å². The highest BCUT2D eigenvalue weighted by Crippen LogP contribution is 2.26. The molecular formula is C28H44N2O2Si. The third-order valence-electron chi connectivity index (χ3n) is 5.95. The highest BCUT2D eigenvalue weighted by Gasteiger charge is 2.17. The van der Waals surface area contributed by atoms with Gasteiger partial charge in [0.2, 0.25) is 0 Å². The Morgan fingerprint density at radius 3 is 2.30 bits per heavy atom. The summed E-state index contributed by atoms with van der Waals surface area (Å²) in [6, 6.07) is 15.9. The van der Waals surface area contributed by atoms with E-state index in [2.05, 4.69) is 56.1 Å². The van der Waals surface area contributed by atoms with Crippen LogP contribution in [0.5, 0.6) is 5.75 Å². The summed E-state index contributed by atoms with van der Waals surface area (Å²) in [5.74, 6) is 0.685. The lowest BCUT2D eigenvalue weighted by Crippen LogP contribution is -2.35. The molecule has 182 valence electrons. The third kappa shape index (κ3) is 10.0. The van der Waals surface area contributed by atoms with E-state index in [1.165, 1.54) is 36.4 Å². The Labute approximate surface area is 202 Å². The van der Waals surface area contributed by atoms with Crippen molar-refractivity contribution in [2.75, 3.05) is 19.0 Å². The first-order valence-electron chi connectivity index (χ1n) is 12.5. The molecule has 1 N–H and O–H groups in total. The van der Waals surface area contributed by atoms with Gasteiger partial charge in [0.1, 0.15) is 5.75 Å². The lowest BCUT2D eigenvalue weighted by molar-refractivity contribution is 0.207. The molecule has 5 heteroatoms. The Morgan fingerprint density at radius 2 is 1.67 bits per heavy atom. The molecule has 0 aliphatic heterocycles. The molecule has 0 fully saturated rings. The maximum absolute atomic E-state index is 13.3. The van der Waals surface area contributed by atoms with Gasteiger partial charge in [0.25, 0.3) is 0 Å². The molecule has 33 heavy (non-hydrogen) atoms. The quantitative estimate of drug-likeness (QED) is 0.240. The first-order chi connectivity index (χ1) is 15.7. The molecule has 0 bridgehead atoms. The van der Waals surface area contributed by atoms with E-state index >= 15 is 0 Å². The van der Waals surface area contributed by atoms with Gasteiger partial charge in [-0.1, -0.05) is 82.2 Å². The summed E-state index contributed by atoms with van der Waals surface area (Å²) in [6.07, 6.45) is 6.98. The van der Waals surface area contributed by atoms with Crippen LogP contribution in [0.25, 0.3) is 0 Å². The van der Waals surface area contributed by atoms with Crippen LogP contribution in [-0.2, 0) is 13.0 Å². The fraction of sp³-hybridized carbons (Fsp3) is 0.536. The maximum Gasteiger partial charge on any atom is 0.322 e. The van der Waals surface area contributed by atoms with E-state index in [4.69, 9.17) is 4.74 Å². The standard InChI is InChI=1S/C28H44N2O2Si/c1-7-8-12-24-14-16-25(17-15-24)22-30(19-10-9-11-20-33(4,5)6)28(31)29-26-21-23(2)13-18-27(26)32-3/h13-18,21H,7-12,19-20,22H2,1-6H3,(H,29,31). The van der Waals surface area contributed by atoms with Gasteiger partial charge in [0.05, 0.1) is 12.8 Å². The summed E-state index contributed by atoms with van der Waals surface area (Å²) in [5.41, 5.74) is 4.35. The average molecular weight is 469 g/mol. The molecule has 0 atom stereocenters. The number of ether oxygens (including phenoxy) is 1. The number of unbranched alkanes of at least 4 members (excludes halogenated alkanes) is 3. The Kier molecular flexibility index (Phi) is 11.0. The average Bonchev–Trinajstić information content (AvgIpc) is 2.77. The molecule has 2 rings (SSSR count). The van der Waals surface area contributed by atoms with Gasteiger partial charge in [-0.2, -0.15) is 0 Å². The number of hydrogen-bond donors (Lipinski definition) is 1. The second-order valence-corrected chi connectivity index (χ2v) is 16.0. The highest BCUT2D eigenvalue weighted by atomic mass is 28.3. The number of anilines is 1. The topological polar surface area (TPSA) is 41.6 Å². The summed E-state index contributed by atoms with van der Waals surface area (Å²) in [4.78, 5) is 15.2. The Hall–Kier alpha value is -2.27. The van der Waals surface area contributed by atoms with E-state index in [1.807, 2.05) is 30.0 Å². The van der Waals surface area contributed by atoms with Crippen LogP contribution in [0.15, 0.2) is 42.5 Å².